The van der Waals surface area contributed by atoms with Crippen molar-refractivity contribution in [3.8, 4) is 22.6 Å². The van der Waals surface area contributed by atoms with Gasteiger partial charge in [0, 0.05) is 28.3 Å². The number of tetrazole rings is 1. The first-order valence-corrected chi connectivity index (χ1v) is 8.65. The maximum Gasteiger partial charge on any atom is 0.182 e. The van der Waals surface area contributed by atoms with Crippen LogP contribution in [0.15, 0.2) is 42.5 Å². The maximum absolute atomic E-state index is 14.6. The van der Waals surface area contributed by atoms with Crippen LogP contribution in [0.1, 0.15) is 25.3 Å². The first-order valence-electron chi connectivity index (χ1n) is 8.65. The molecule has 3 N–H and O–H groups in total. The third kappa shape index (κ3) is 2.28. The molecule has 0 aliphatic heterocycles. The lowest BCUT2D eigenvalue weighted by Gasteiger charge is -2.30. The Kier molecular flexibility index (Phi) is 3.28. The fourth-order valence-corrected chi connectivity index (χ4v) is 3.62. The second-order valence-corrected chi connectivity index (χ2v) is 6.75. The molecular formula is C19H17FN6. The normalized spacial score (nSPS) is 14.7. The van der Waals surface area contributed by atoms with Crippen LogP contribution in [0, 0.1) is 5.82 Å². The minimum Gasteiger partial charge on any atom is -0.399 e. The summed E-state index contributed by atoms with van der Waals surface area (Å²) in [5, 5.41) is 14.5. The van der Waals surface area contributed by atoms with E-state index in [9.17, 15) is 4.39 Å². The van der Waals surface area contributed by atoms with Crippen molar-refractivity contribution in [2.24, 2.45) is 0 Å². The van der Waals surface area contributed by atoms with E-state index >= 15 is 0 Å². The number of nitrogens with one attached hydrogen (secondary N) is 1. The van der Waals surface area contributed by atoms with Crippen LogP contribution < -0.4 is 5.73 Å². The van der Waals surface area contributed by atoms with Crippen LogP contribution in [0.2, 0.25) is 0 Å². The van der Waals surface area contributed by atoms with Crippen molar-refractivity contribution in [2.75, 3.05) is 5.73 Å². The zero-order chi connectivity index (χ0) is 17.7. The van der Waals surface area contributed by atoms with Gasteiger partial charge in [0.25, 0.3) is 0 Å². The topological polar surface area (TPSA) is 85.4 Å². The van der Waals surface area contributed by atoms with Crippen LogP contribution in [0.3, 0.4) is 0 Å². The summed E-state index contributed by atoms with van der Waals surface area (Å²) >= 11 is 0. The minimum absolute atomic E-state index is 0.333. The minimum atomic E-state index is -0.342. The summed E-state index contributed by atoms with van der Waals surface area (Å²) in [6.07, 6.45) is 3.47. The lowest BCUT2D eigenvalue weighted by molar-refractivity contribution is 0.324. The summed E-state index contributed by atoms with van der Waals surface area (Å²) in [6.45, 7) is 0. The summed E-state index contributed by atoms with van der Waals surface area (Å²) in [5.41, 5.74) is 10.1. The zero-order valence-corrected chi connectivity index (χ0v) is 14.0. The molecule has 0 saturated heterocycles. The molecule has 1 aliphatic rings. The fraction of sp³-hybridized carbons (Fsp3) is 0.211. The van der Waals surface area contributed by atoms with E-state index in [4.69, 9.17) is 5.73 Å². The molecule has 5 rings (SSSR count). The average molecular weight is 348 g/mol. The molecule has 26 heavy (non-hydrogen) atoms. The Morgan fingerprint density at radius 1 is 1.12 bits per heavy atom. The number of benzene rings is 2. The van der Waals surface area contributed by atoms with Crippen LogP contribution in [0.5, 0.6) is 0 Å². The number of nitrogens with two attached hydrogens (primary N) is 1. The van der Waals surface area contributed by atoms with E-state index in [1.54, 1.807) is 6.07 Å². The van der Waals surface area contributed by atoms with E-state index in [2.05, 4.69) is 25.2 Å². The highest BCUT2D eigenvalue weighted by molar-refractivity contribution is 5.90. The van der Waals surface area contributed by atoms with Gasteiger partial charge in [-0.15, -0.1) is 5.10 Å². The van der Waals surface area contributed by atoms with Gasteiger partial charge in [-0.05, 0) is 65.6 Å². The molecule has 0 amide bonds. The van der Waals surface area contributed by atoms with Gasteiger partial charge in [-0.1, -0.05) is 12.1 Å². The highest BCUT2D eigenvalue weighted by atomic mass is 19.1. The summed E-state index contributed by atoms with van der Waals surface area (Å²) in [5.74, 6) is -0.00883. The van der Waals surface area contributed by atoms with Crippen molar-refractivity contribution in [1.82, 2.24) is 25.2 Å². The molecular weight excluding hydrogens is 331 g/mol. The number of rotatable bonds is 3. The lowest BCUT2D eigenvalue weighted by Crippen LogP contribution is -2.17. The van der Waals surface area contributed by atoms with E-state index in [1.807, 2.05) is 36.4 Å². The summed E-state index contributed by atoms with van der Waals surface area (Å²) in [4.78, 5) is 0. The largest absolute Gasteiger partial charge is 0.399 e. The third-order valence-corrected chi connectivity index (χ3v) is 5.17. The van der Waals surface area contributed by atoms with Crippen LogP contribution in [-0.4, -0.2) is 25.2 Å². The number of halogens is 1. The number of fused-ring (bicyclic) bond motifs is 1. The molecule has 0 radical (unpaired) electrons. The molecule has 0 unspecified atom stereocenters. The van der Waals surface area contributed by atoms with Crippen LogP contribution in [0.25, 0.3) is 33.5 Å². The van der Waals surface area contributed by atoms with Crippen LogP contribution in [-0.2, 0) is 0 Å². The predicted molar refractivity (Wildman–Crippen MR) is 97.8 cm³/mol. The smallest absolute Gasteiger partial charge is 0.182 e. The van der Waals surface area contributed by atoms with E-state index in [-0.39, 0.29) is 5.82 Å². The molecule has 2 aromatic carbocycles. The van der Waals surface area contributed by atoms with Crippen LogP contribution >= 0.6 is 0 Å². The second kappa shape index (κ2) is 5.66. The number of hydrogen-bond acceptors (Lipinski definition) is 4. The second-order valence-electron chi connectivity index (χ2n) is 6.75. The van der Waals surface area contributed by atoms with E-state index in [0.717, 1.165) is 40.7 Å². The summed E-state index contributed by atoms with van der Waals surface area (Å²) < 4.78 is 17.0. The molecule has 1 fully saturated rings. The Morgan fingerprint density at radius 3 is 2.58 bits per heavy atom. The van der Waals surface area contributed by atoms with Gasteiger partial charge in [0.05, 0.1) is 5.56 Å². The Bertz CT molecular complexity index is 1080. The molecule has 1 aliphatic carbocycles. The summed E-state index contributed by atoms with van der Waals surface area (Å²) in [6, 6.07) is 13.7. The first-order chi connectivity index (χ1) is 12.7. The van der Waals surface area contributed by atoms with Crippen molar-refractivity contribution in [3.63, 3.8) is 0 Å². The maximum atomic E-state index is 14.6. The van der Waals surface area contributed by atoms with Crippen molar-refractivity contribution in [1.29, 1.82) is 0 Å². The molecule has 2 heterocycles. The van der Waals surface area contributed by atoms with Gasteiger partial charge in [-0.25, -0.2) is 9.49 Å². The van der Waals surface area contributed by atoms with Crippen molar-refractivity contribution in [3.05, 3.63) is 48.3 Å². The average Bonchev–Trinajstić information content (AvgIpc) is 3.22. The summed E-state index contributed by atoms with van der Waals surface area (Å²) in [7, 11) is 0. The molecule has 1 saturated carbocycles. The van der Waals surface area contributed by atoms with Crippen molar-refractivity contribution >= 4 is 16.6 Å². The molecule has 0 spiro atoms. The highest BCUT2D eigenvalue weighted by Crippen LogP contribution is 2.41. The molecule has 6 nitrogen and oxygen atoms in total. The molecule has 0 atom stereocenters. The highest BCUT2D eigenvalue weighted by Gasteiger charge is 2.25. The third-order valence-electron chi connectivity index (χ3n) is 5.17. The Morgan fingerprint density at radius 2 is 1.92 bits per heavy atom. The quantitative estimate of drug-likeness (QED) is 0.549. The SMILES string of the molecule is Nc1ccc(-c2cc3cc(F)c(-c4nnn[nH]4)cc3n2C2CCC2)cc1. The lowest BCUT2D eigenvalue weighted by atomic mass is 9.92. The molecule has 130 valence electrons. The Labute approximate surface area is 148 Å². The van der Waals surface area contributed by atoms with E-state index in [1.165, 1.54) is 6.42 Å². The first kappa shape index (κ1) is 15.1. The molecule has 2 aromatic heterocycles. The van der Waals surface area contributed by atoms with Gasteiger partial charge in [0.2, 0.25) is 0 Å². The monoisotopic (exact) mass is 348 g/mol. The molecule has 0 bridgehead atoms. The van der Waals surface area contributed by atoms with Gasteiger partial charge in [-0.3, -0.25) is 0 Å². The van der Waals surface area contributed by atoms with E-state index < -0.39 is 0 Å². The van der Waals surface area contributed by atoms with Gasteiger partial charge in [0.1, 0.15) is 5.82 Å². The Hall–Kier alpha value is -3.22. The van der Waals surface area contributed by atoms with Gasteiger partial charge < -0.3 is 10.3 Å². The zero-order valence-electron chi connectivity index (χ0n) is 14.0. The van der Waals surface area contributed by atoms with Crippen LogP contribution in [0.4, 0.5) is 10.1 Å². The standard InChI is InChI=1S/C19H17FN6/c20-16-8-12-9-17(11-4-6-13(21)7-5-11)26(14-2-1-3-14)18(12)10-15(16)19-22-24-25-23-19/h4-10,14H,1-3,21H2,(H,22,23,24,25). The van der Waals surface area contributed by atoms with Gasteiger partial charge in [0.15, 0.2) is 5.82 Å². The Balaban J connectivity index is 1.76. The number of aromatic amines is 1. The van der Waals surface area contributed by atoms with Gasteiger partial charge in [-0.2, -0.15) is 0 Å². The number of H-pyrrole nitrogens is 1. The number of anilines is 1. The number of hydrogen-bond donors (Lipinski definition) is 2. The van der Waals surface area contributed by atoms with Gasteiger partial charge >= 0.3 is 0 Å². The predicted octanol–water partition coefficient (Wildman–Crippen LogP) is 3.93. The number of nitrogens with zero attached hydrogens (tertiary/aromatic N) is 4. The molecule has 7 heteroatoms. The fourth-order valence-electron chi connectivity index (χ4n) is 3.62. The van der Waals surface area contributed by atoms with Crippen molar-refractivity contribution < 1.29 is 4.39 Å². The number of nitrogen functional groups attached to an aromatic ring is 1. The van der Waals surface area contributed by atoms with E-state index in [0.29, 0.717) is 17.4 Å². The number of aromatic nitrogens is 5. The van der Waals surface area contributed by atoms with Crippen molar-refractivity contribution in [2.45, 2.75) is 25.3 Å². The molecule has 4 aromatic rings.